The Hall–Kier alpha value is -3.54. The molecule has 0 radical (unpaired) electrons. The molecule has 8 rings (SSSR count). The van der Waals surface area contributed by atoms with Gasteiger partial charge in [-0.2, -0.15) is 0 Å². The van der Waals surface area contributed by atoms with Gasteiger partial charge in [-0.05, 0) is 73.7 Å². The van der Waals surface area contributed by atoms with E-state index in [1.807, 2.05) is 30.3 Å². The number of carbonyl (C=O) groups is 1. The molecule has 0 saturated carbocycles. The third kappa shape index (κ3) is 3.62. The van der Waals surface area contributed by atoms with Crippen molar-refractivity contribution < 1.29 is 4.79 Å². The number of piperidine rings is 1. The second kappa shape index (κ2) is 9.75. The SMILES string of the molecule is CC1=CC2=NC3=C(NC2C=C1C)c1ccccc1[C@]31[C@@H](C(=O)c2ccccc2)[C@H](c2ccc(Br)cc2)[C@H]2CCCCN21. The fourth-order valence-corrected chi connectivity index (χ4v) is 8.69. The molecule has 1 unspecified atom stereocenters. The molecule has 2 fully saturated rings. The molecule has 5 heteroatoms. The first-order valence-corrected chi connectivity index (χ1v) is 16.0. The summed E-state index contributed by atoms with van der Waals surface area (Å²) in [6.07, 6.45) is 7.89. The maximum atomic E-state index is 15.1. The third-order valence-corrected chi connectivity index (χ3v) is 10.8. The molecule has 3 aromatic carbocycles. The summed E-state index contributed by atoms with van der Waals surface area (Å²) >= 11 is 3.65. The van der Waals surface area contributed by atoms with Gasteiger partial charge >= 0.3 is 0 Å². The number of halogens is 1. The van der Waals surface area contributed by atoms with Gasteiger partial charge in [0.1, 0.15) is 5.54 Å². The summed E-state index contributed by atoms with van der Waals surface area (Å²) in [7, 11) is 0. The van der Waals surface area contributed by atoms with E-state index in [1.165, 1.54) is 34.3 Å². The van der Waals surface area contributed by atoms with Gasteiger partial charge in [0.25, 0.3) is 0 Å². The Morgan fingerprint density at radius 2 is 1.71 bits per heavy atom. The van der Waals surface area contributed by atoms with E-state index >= 15 is 4.79 Å². The number of nitrogens with zero attached hydrogens (tertiary/aromatic N) is 2. The number of hydrogen-bond acceptors (Lipinski definition) is 4. The average Bonchev–Trinajstić information content (AvgIpc) is 3.48. The number of ketones is 1. The lowest BCUT2D eigenvalue weighted by molar-refractivity contribution is 0.0648. The summed E-state index contributed by atoms with van der Waals surface area (Å²) in [5, 5.41) is 3.92. The van der Waals surface area contributed by atoms with Gasteiger partial charge in [-0.15, -0.1) is 0 Å². The van der Waals surface area contributed by atoms with Crippen LogP contribution in [0.2, 0.25) is 0 Å². The number of Topliss-reactive ketones (excluding diaryl/α,β-unsaturated/α-hetero) is 1. The number of rotatable bonds is 3. The number of hydrogen-bond donors (Lipinski definition) is 1. The number of aliphatic imine (C=N–C) groups is 1. The van der Waals surface area contributed by atoms with Crippen LogP contribution in [0.4, 0.5) is 0 Å². The monoisotopic (exact) mass is 615 g/mol. The van der Waals surface area contributed by atoms with Crippen molar-refractivity contribution in [1.29, 1.82) is 0 Å². The maximum absolute atomic E-state index is 15.1. The first kappa shape index (κ1) is 26.1. The molecule has 5 aliphatic rings. The Labute approximate surface area is 256 Å². The zero-order valence-electron chi connectivity index (χ0n) is 24.0. The van der Waals surface area contributed by atoms with Crippen molar-refractivity contribution in [3.05, 3.63) is 135 Å². The van der Waals surface area contributed by atoms with E-state index in [1.54, 1.807) is 0 Å². The highest BCUT2D eigenvalue weighted by atomic mass is 79.9. The van der Waals surface area contributed by atoms with Crippen LogP contribution in [0.1, 0.15) is 66.1 Å². The van der Waals surface area contributed by atoms with E-state index < -0.39 is 5.54 Å². The lowest BCUT2D eigenvalue weighted by Gasteiger charge is -2.45. The number of allylic oxidation sites excluding steroid dienone is 2. The number of carbonyl (C=O) groups excluding carboxylic acids is 1. The van der Waals surface area contributed by atoms with Crippen LogP contribution in [0.3, 0.4) is 0 Å². The van der Waals surface area contributed by atoms with Crippen molar-refractivity contribution in [3.8, 4) is 0 Å². The van der Waals surface area contributed by atoms with E-state index in [4.69, 9.17) is 4.99 Å². The lowest BCUT2D eigenvalue weighted by Crippen LogP contribution is -2.52. The van der Waals surface area contributed by atoms with Crippen molar-refractivity contribution in [2.45, 2.75) is 56.7 Å². The van der Waals surface area contributed by atoms with Crippen molar-refractivity contribution in [3.63, 3.8) is 0 Å². The molecule has 0 amide bonds. The van der Waals surface area contributed by atoms with Gasteiger partial charge in [0, 0.05) is 27.6 Å². The Kier molecular flexibility index (Phi) is 6.06. The second-order valence-electron chi connectivity index (χ2n) is 12.4. The molecule has 3 aliphatic heterocycles. The van der Waals surface area contributed by atoms with Gasteiger partial charge in [0.15, 0.2) is 5.78 Å². The molecule has 2 saturated heterocycles. The minimum Gasteiger partial charge on any atom is -0.371 e. The van der Waals surface area contributed by atoms with Gasteiger partial charge in [0.05, 0.1) is 29.1 Å². The largest absolute Gasteiger partial charge is 0.371 e. The van der Waals surface area contributed by atoms with Gasteiger partial charge in [-0.25, -0.2) is 0 Å². The average molecular weight is 617 g/mol. The summed E-state index contributed by atoms with van der Waals surface area (Å²) in [5.41, 5.74) is 9.40. The fraction of sp³-hybridized carbons (Fsp3) is 0.297. The molecule has 3 aromatic rings. The highest BCUT2D eigenvalue weighted by molar-refractivity contribution is 9.10. The van der Waals surface area contributed by atoms with Gasteiger partial charge in [0.2, 0.25) is 0 Å². The van der Waals surface area contributed by atoms with Crippen LogP contribution in [0, 0.1) is 5.92 Å². The molecule has 4 nitrogen and oxygen atoms in total. The van der Waals surface area contributed by atoms with Crippen LogP contribution in [0.25, 0.3) is 5.70 Å². The molecule has 3 heterocycles. The predicted molar refractivity (Wildman–Crippen MR) is 172 cm³/mol. The van der Waals surface area contributed by atoms with E-state index in [9.17, 15) is 0 Å². The van der Waals surface area contributed by atoms with Crippen molar-refractivity contribution >= 4 is 33.1 Å². The molecule has 5 atom stereocenters. The number of benzene rings is 3. The highest BCUT2D eigenvalue weighted by Crippen LogP contribution is 2.64. The molecule has 1 spiro atoms. The Morgan fingerprint density at radius 1 is 0.952 bits per heavy atom. The van der Waals surface area contributed by atoms with Gasteiger partial charge in [-0.3, -0.25) is 14.7 Å². The number of nitrogens with one attached hydrogen (secondary N) is 1. The Bertz CT molecular complexity index is 1730. The normalized spacial score (nSPS) is 29.5. The third-order valence-electron chi connectivity index (χ3n) is 10.3. The van der Waals surface area contributed by atoms with Crippen molar-refractivity contribution in [2.24, 2.45) is 10.9 Å². The predicted octanol–water partition coefficient (Wildman–Crippen LogP) is 7.80. The van der Waals surface area contributed by atoms with Crippen molar-refractivity contribution in [1.82, 2.24) is 10.2 Å². The van der Waals surface area contributed by atoms with Gasteiger partial charge < -0.3 is 5.32 Å². The molecular weight excluding hydrogens is 582 g/mol. The zero-order chi connectivity index (χ0) is 28.6. The standard InChI is InChI=1S/C37H34BrN3O/c1-22-20-29-30(21-23(22)2)40-36-34(39-29)27-12-6-7-13-28(27)37(36)33(35(42)25-10-4-3-5-11-25)32(24-15-17-26(38)18-16-24)31-14-8-9-19-41(31)37/h3-7,10-13,15-18,20-21,29,31-33,39H,8-9,14,19H2,1-2H3/t29?,31-,32-,33-,37+/m1/s1. The van der Waals surface area contributed by atoms with Crippen LogP contribution >= 0.6 is 15.9 Å². The quantitative estimate of drug-likeness (QED) is 0.306. The molecule has 1 N–H and O–H groups in total. The molecular formula is C37H34BrN3O. The summed E-state index contributed by atoms with van der Waals surface area (Å²) in [5.74, 6) is -0.0870. The molecule has 2 aliphatic carbocycles. The van der Waals surface area contributed by atoms with Crippen LogP contribution in [-0.4, -0.2) is 35.0 Å². The van der Waals surface area contributed by atoms with E-state index in [2.05, 4.69) is 101 Å². The lowest BCUT2D eigenvalue weighted by atomic mass is 9.68. The van der Waals surface area contributed by atoms with Crippen molar-refractivity contribution in [2.75, 3.05) is 6.54 Å². The second-order valence-corrected chi connectivity index (χ2v) is 13.3. The minimum absolute atomic E-state index is 0.0276. The van der Waals surface area contributed by atoms with E-state index in [0.29, 0.717) is 0 Å². The molecule has 210 valence electrons. The van der Waals surface area contributed by atoms with Crippen LogP contribution in [-0.2, 0) is 5.54 Å². The maximum Gasteiger partial charge on any atom is 0.169 e. The summed E-state index contributed by atoms with van der Waals surface area (Å²) in [6, 6.07) is 27.7. The van der Waals surface area contributed by atoms with Gasteiger partial charge in [-0.1, -0.05) is 95.2 Å². The fourth-order valence-electron chi connectivity index (χ4n) is 8.43. The van der Waals surface area contributed by atoms with E-state index in [0.717, 1.165) is 46.5 Å². The summed E-state index contributed by atoms with van der Waals surface area (Å²) in [4.78, 5) is 23.4. The first-order chi connectivity index (χ1) is 20.5. The Morgan fingerprint density at radius 3 is 2.52 bits per heavy atom. The van der Waals surface area contributed by atoms with Crippen LogP contribution < -0.4 is 5.32 Å². The summed E-state index contributed by atoms with van der Waals surface area (Å²) in [6.45, 7) is 5.28. The topological polar surface area (TPSA) is 44.7 Å². The minimum atomic E-state index is -0.662. The zero-order valence-corrected chi connectivity index (χ0v) is 25.6. The first-order valence-electron chi connectivity index (χ1n) is 15.2. The van der Waals surface area contributed by atoms with Crippen LogP contribution in [0.5, 0.6) is 0 Å². The smallest absolute Gasteiger partial charge is 0.169 e. The number of fused-ring (bicyclic) bond motifs is 7. The molecule has 0 aromatic heterocycles. The molecule has 42 heavy (non-hydrogen) atoms. The summed E-state index contributed by atoms with van der Waals surface area (Å²) < 4.78 is 1.05. The van der Waals surface area contributed by atoms with Crippen LogP contribution in [0.15, 0.2) is 117 Å². The Balaban J connectivity index is 1.43. The van der Waals surface area contributed by atoms with E-state index in [-0.39, 0.29) is 29.7 Å². The molecule has 0 bridgehead atoms. The highest BCUT2D eigenvalue weighted by Gasteiger charge is 2.67.